The maximum absolute atomic E-state index is 6.37. The minimum atomic E-state index is 0.458. The molecular formula is C15H31N. The summed E-state index contributed by atoms with van der Waals surface area (Å²) in [4.78, 5) is 0. The van der Waals surface area contributed by atoms with E-state index in [4.69, 9.17) is 5.73 Å². The van der Waals surface area contributed by atoms with Gasteiger partial charge in [-0.15, -0.1) is 0 Å². The Morgan fingerprint density at radius 1 is 1.12 bits per heavy atom. The van der Waals surface area contributed by atoms with Gasteiger partial charge in [0.05, 0.1) is 0 Å². The molecule has 0 radical (unpaired) electrons. The zero-order valence-electron chi connectivity index (χ0n) is 11.9. The van der Waals surface area contributed by atoms with Gasteiger partial charge >= 0.3 is 0 Å². The van der Waals surface area contributed by atoms with Gasteiger partial charge in [-0.25, -0.2) is 0 Å². The molecule has 0 aliphatic heterocycles. The Labute approximate surface area is 102 Å². The summed E-state index contributed by atoms with van der Waals surface area (Å²) in [6.45, 7) is 11.7. The summed E-state index contributed by atoms with van der Waals surface area (Å²) in [7, 11) is 0. The Kier molecular flexibility index (Phi) is 5.30. The predicted molar refractivity (Wildman–Crippen MR) is 72.3 cm³/mol. The Morgan fingerprint density at radius 2 is 1.75 bits per heavy atom. The van der Waals surface area contributed by atoms with E-state index >= 15 is 0 Å². The first-order valence-electron chi connectivity index (χ1n) is 7.17. The summed E-state index contributed by atoms with van der Waals surface area (Å²) < 4.78 is 0. The lowest BCUT2D eigenvalue weighted by atomic mass is 9.82. The van der Waals surface area contributed by atoms with E-state index in [0.717, 1.165) is 29.6 Å². The molecule has 1 aliphatic rings. The Bertz CT molecular complexity index is 198. The molecule has 1 heteroatoms. The maximum Gasteiger partial charge on any atom is 0.00958 e. The molecule has 4 unspecified atom stereocenters. The highest BCUT2D eigenvalue weighted by Gasteiger charge is 2.38. The summed E-state index contributed by atoms with van der Waals surface area (Å²) in [5, 5.41) is 0. The van der Waals surface area contributed by atoms with Crippen LogP contribution in [0, 0.1) is 29.6 Å². The van der Waals surface area contributed by atoms with Gasteiger partial charge in [0.2, 0.25) is 0 Å². The van der Waals surface area contributed by atoms with E-state index in [2.05, 4.69) is 34.6 Å². The van der Waals surface area contributed by atoms with Crippen molar-refractivity contribution in [2.45, 2.75) is 66.3 Å². The Hall–Kier alpha value is -0.0400. The second kappa shape index (κ2) is 6.05. The van der Waals surface area contributed by atoms with E-state index in [0.29, 0.717) is 6.04 Å². The van der Waals surface area contributed by atoms with Gasteiger partial charge in [-0.1, -0.05) is 41.0 Å². The third-order valence-electron chi connectivity index (χ3n) is 4.29. The quantitative estimate of drug-likeness (QED) is 0.750. The van der Waals surface area contributed by atoms with E-state index in [1.165, 1.54) is 25.7 Å². The predicted octanol–water partition coefficient (Wildman–Crippen LogP) is 4.07. The molecule has 1 saturated carbocycles. The zero-order chi connectivity index (χ0) is 12.3. The van der Waals surface area contributed by atoms with Crippen molar-refractivity contribution < 1.29 is 0 Å². The molecule has 0 amide bonds. The third-order valence-corrected chi connectivity index (χ3v) is 4.29. The van der Waals surface area contributed by atoms with Crippen molar-refractivity contribution in [1.82, 2.24) is 0 Å². The zero-order valence-corrected chi connectivity index (χ0v) is 11.9. The van der Waals surface area contributed by atoms with E-state index in [1.54, 1.807) is 0 Å². The fourth-order valence-corrected chi connectivity index (χ4v) is 3.32. The van der Waals surface area contributed by atoms with Crippen molar-refractivity contribution >= 4 is 0 Å². The van der Waals surface area contributed by atoms with Gasteiger partial charge in [0.15, 0.2) is 0 Å². The fourth-order valence-electron chi connectivity index (χ4n) is 3.32. The molecule has 2 N–H and O–H groups in total. The summed E-state index contributed by atoms with van der Waals surface area (Å²) in [6.07, 6.45) is 5.46. The lowest BCUT2D eigenvalue weighted by Crippen LogP contribution is -2.32. The van der Waals surface area contributed by atoms with Crippen molar-refractivity contribution in [2.24, 2.45) is 35.3 Å². The van der Waals surface area contributed by atoms with Crippen molar-refractivity contribution in [3.63, 3.8) is 0 Å². The van der Waals surface area contributed by atoms with Crippen LogP contribution in [0.3, 0.4) is 0 Å². The fraction of sp³-hybridized carbons (Fsp3) is 1.00. The largest absolute Gasteiger partial charge is 0.327 e. The second-order valence-electron chi connectivity index (χ2n) is 6.82. The van der Waals surface area contributed by atoms with Crippen molar-refractivity contribution in [1.29, 1.82) is 0 Å². The smallest absolute Gasteiger partial charge is 0.00958 e. The van der Waals surface area contributed by atoms with Crippen LogP contribution in [0.1, 0.15) is 60.3 Å². The number of nitrogens with two attached hydrogens (primary N) is 1. The van der Waals surface area contributed by atoms with Gasteiger partial charge < -0.3 is 5.73 Å². The van der Waals surface area contributed by atoms with Crippen LogP contribution in [0.15, 0.2) is 0 Å². The van der Waals surface area contributed by atoms with Crippen LogP contribution in [0.5, 0.6) is 0 Å². The molecule has 0 aromatic carbocycles. The highest BCUT2D eigenvalue weighted by atomic mass is 14.7. The van der Waals surface area contributed by atoms with Gasteiger partial charge in [0.25, 0.3) is 0 Å². The number of rotatable bonds is 5. The van der Waals surface area contributed by atoms with Crippen molar-refractivity contribution in [3.8, 4) is 0 Å². The lowest BCUT2D eigenvalue weighted by molar-refractivity contribution is 0.273. The first kappa shape index (κ1) is 14.0. The van der Waals surface area contributed by atoms with E-state index in [1.807, 2.05) is 0 Å². The van der Waals surface area contributed by atoms with Crippen LogP contribution in [-0.4, -0.2) is 6.04 Å². The van der Waals surface area contributed by atoms with E-state index < -0.39 is 0 Å². The minimum absolute atomic E-state index is 0.458. The molecular weight excluding hydrogens is 194 g/mol. The van der Waals surface area contributed by atoms with Crippen LogP contribution in [0.4, 0.5) is 0 Å². The molecule has 0 aromatic rings. The SMILES string of the molecule is CC(C)CCC1CC(C)C(N)C1CC(C)C. The molecule has 96 valence electrons. The minimum Gasteiger partial charge on any atom is -0.327 e. The summed E-state index contributed by atoms with van der Waals surface area (Å²) in [5.74, 6) is 4.05. The summed E-state index contributed by atoms with van der Waals surface area (Å²) in [5.41, 5.74) is 6.37. The topological polar surface area (TPSA) is 26.0 Å². The average molecular weight is 225 g/mol. The van der Waals surface area contributed by atoms with Gasteiger partial charge in [-0.3, -0.25) is 0 Å². The third kappa shape index (κ3) is 3.76. The highest BCUT2D eigenvalue weighted by Crippen LogP contribution is 2.41. The molecule has 0 aromatic heterocycles. The molecule has 0 heterocycles. The first-order valence-corrected chi connectivity index (χ1v) is 7.17. The van der Waals surface area contributed by atoms with Crippen LogP contribution in [-0.2, 0) is 0 Å². The standard InChI is InChI=1S/C15H31N/c1-10(2)6-7-13-9-12(5)15(16)14(13)8-11(3)4/h10-15H,6-9,16H2,1-5H3. The van der Waals surface area contributed by atoms with Crippen LogP contribution in [0.25, 0.3) is 0 Å². The lowest BCUT2D eigenvalue weighted by Gasteiger charge is -2.25. The molecule has 1 rings (SSSR count). The van der Waals surface area contributed by atoms with Gasteiger partial charge in [0.1, 0.15) is 0 Å². The summed E-state index contributed by atoms with van der Waals surface area (Å²) in [6, 6.07) is 0.458. The van der Waals surface area contributed by atoms with E-state index in [9.17, 15) is 0 Å². The molecule has 1 aliphatic carbocycles. The Morgan fingerprint density at radius 3 is 2.25 bits per heavy atom. The summed E-state index contributed by atoms with van der Waals surface area (Å²) >= 11 is 0. The number of hydrogen-bond acceptors (Lipinski definition) is 1. The van der Waals surface area contributed by atoms with Crippen LogP contribution >= 0.6 is 0 Å². The van der Waals surface area contributed by atoms with Gasteiger partial charge in [-0.05, 0) is 48.9 Å². The van der Waals surface area contributed by atoms with E-state index in [-0.39, 0.29) is 0 Å². The van der Waals surface area contributed by atoms with Crippen LogP contribution in [0.2, 0.25) is 0 Å². The molecule has 0 spiro atoms. The van der Waals surface area contributed by atoms with Gasteiger partial charge in [-0.2, -0.15) is 0 Å². The van der Waals surface area contributed by atoms with Crippen molar-refractivity contribution in [3.05, 3.63) is 0 Å². The molecule has 16 heavy (non-hydrogen) atoms. The average Bonchev–Trinajstić information content (AvgIpc) is 2.42. The van der Waals surface area contributed by atoms with Crippen molar-refractivity contribution in [2.75, 3.05) is 0 Å². The first-order chi connectivity index (χ1) is 7.41. The highest BCUT2D eigenvalue weighted by molar-refractivity contribution is 4.92. The molecule has 0 bridgehead atoms. The normalized spacial score (nSPS) is 35.2. The monoisotopic (exact) mass is 225 g/mol. The molecule has 4 atom stereocenters. The number of hydrogen-bond donors (Lipinski definition) is 1. The molecule has 1 fully saturated rings. The molecule has 1 nitrogen and oxygen atoms in total. The van der Waals surface area contributed by atoms with Crippen LogP contribution < -0.4 is 5.73 Å². The molecule has 0 saturated heterocycles. The second-order valence-corrected chi connectivity index (χ2v) is 6.82. The Balaban J connectivity index is 2.52. The maximum atomic E-state index is 6.37. The van der Waals surface area contributed by atoms with Gasteiger partial charge in [0, 0.05) is 6.04 Å².